The summed E-state index contributed by atoms with van der Waals surface area (Å²) in [6.07, 6.45) is 0. The van der Waals surface area contributed by atoms with Crippen molar-refractivity contribution < 1.29 is 9.15 Å². The fraction of sp³-hybridized carbons (Fsp3) is 0.267. The zero-order valence-corrected chi connectivity index (χ0v) is 11.6. The Morgan fingerprint density at radius 2 is 2.15 bits per heavy atom. The fourth-order valence-electron chi connectivity index (χ4n) is 2.31. The smallest absolute Gasteiger partial charge is 0.170 e. The summed E-state index contributed by atoms with van der Waals surface area (Å²) < 4.78 is 13.4. The van der Waals surface area contributed by atoms with Gasteiger partial charge < -0.3 is 14.9 Å². The van der Waals surface area contributed by atoms with Crippen molar-refractivity contribution in [2.45, 2.75) is 20.1 Å². The third-order valence-electron chi connectivity index (χ3n) is 3.27. The topological polar surface area (TPSA) is 66.2 Å². The van der Waals surface area contributed by atoms with Crippen LogP contribution < -0.4 is 10.5 Å². The summed E-state index contributed by atoms with van der Waals surface area (Å²) in [5.41, 5.74) is 8.51. The number of hydrogen-bond donors (Lipinski definition) is 1. The quantitative estimate of drug-likeness (QED) is 0.791. The molecule has 0 spiro atoms. The first-order valence-electron chi connectivity index (χ1n) is 6.52. The van der Waals surface area contributed by atoms with Gasteiger partial charge in [0.05, 0.1) is 23.3 Å². The van der Waals surface area contributed by atoms with Gasteiger partial charge in [0.2, 0.25) is 0 Å². The van der Waals surface area contributed by atoms with E-state index < -0.39 is 0 Å². The second-order valence-corrected chi connectivity index (χ2v) is 4.74. The molecule has 5 heteroatoms. The molecule has 3 rings (SSSR count). The van der Waals surface area contributed by atoms with Crippen LogP contribution in [-0.2, 0) is 20.2 Å². The minimum atomic E-state index is 0.314. The van der Waals surface area contributed by atoms with E-state index in [1.807, 2.05) is 49.0 Å². The predicted molar refractivity (Wildman–Crippen MR) is 76.4 cm³/mol. The molecule has 1 aromatic carbocycles. The van der Waals surface area contributed by atoms with E-state index in [4.69, 9.17) is 14.9 Å². The number of nitrogens with zero attached hydrogens (tertiary/aromatic N) is 2. The van der Waals surface area contributed by atoms with Gasteiger partial charge in [-0.05, 0) is 25.1 Å². The van der Waals surface area contributed by atoms with Gasteiger partial charge in [-0.1, -0.05) is 12.1 Å². The van der Waals surface area contributed by atoms with E-state index >= 15 is 0 Å². The molecule has 5 nitrogen and oxygen atoms in total. The Bertz CT molecular complexity index is 743. The number of hydrogen-bond acceptors (Lipinski definition) is 4. The number of aryl methyl sites for hydroxylation is 2. The van der Waals surface area contributed by atoms with Gasteiger partial charge in [0.1, 0.15) is 12.2 Å². The van der Waals surface area contributed by atoms with E-state index in [1.54, 1.807) is 0 Å². The molecule has 0 bridgehead atoms. The van der Waals surface area contributed by atoms with Gasteiger partial charge >= 0.3 is 0 Å². The zero-order chi connectivity index (χ0) is 14.1. The van der Waals surface area contributed by atoms with Crippen LogP contribution in [0.1, 0.15) is 17.1 Å². The van der Waals surface area contributed by atoms with E-state index in [2.05, 4.69) is 5.10 Å². The molecular weight excluding hydrogens is 254 g/mol. The maximum atomic E-state index is 5.93. The molecule has 2 N–H and O–H groups in total. The number of benzene rings is 1. The summed E-state index contributed by atoms with van der Waals surface area (Å²) >= 11 is 0. The van der Waals surface area contributed by atoms with Crippen molar-refractivity contribution in [3.8, 4) is 5.75 Å². The highest BCUT2D eigenvalue weighted by molar-refractivity contribution is 5.85. The Morgan fingerprint density at radius 3 is 2.85 bits per heavy atom. The molecule has 0 aliphatic carbocycles. The summed E-state index contributed by atoms with van der Waals surface area (Å²) in [4.78, 5) is 0. The highest BCUT2D eigenvalue weighted by atomic mass is 16.5. The van der Waals surface area contributed by atoms with Gasteiger partial charge in [-0.15, -0.1) is 0 Å². The number of aromatic nitrogens is 2. The molecule has 0 unspecified atom stereocenters. The number of nitrogens with two attached hydrogens (primary N) is 1. The first-order chi connectivity index (χ1) is 9.69. The largest absolute Gasteiger partial charge is 0.483 e. The Hall–Kier alpha value is -2.27. The molecule has 20 heavy (non-hydrogen) atoms. The van der Waals surface area contributed by atoms with Crippen molar-refractivity contribution in [1.29, 1.82) is 0 Å². The molecule has 0 aliphatic rings. The summed E-state index contributed by atoms with van der Waals surface area (Å²) in [6, 6.07) is 9.78. The molecule has 3 aromatic rings. The van der Waals surface area contributed by atoms with Crippen LogP contribution in [0, 0.1) is 6.92 Å². The number of para-hydroxylation sites is 1. The Kier molecular flexibility index (Phi) is 3.20. The molecule has 0 atom stereocenters. The molecule has 0 saturated heterocycles. The van der Waals surface area contributed by atoms with Crippen LogP contribution in [0.25, 0.3) is 11.0 Å². The number of furan rings is 1. The van der Waals surface area contributed by atoms with Crippen LogP contribution in [0.15, 0.2) is 34.7 Å². The van der Waals surface area contributed by atoms with E-state index in [1.165, 1.54) is 0 Å². The van der Waals surface area contributed by atoms with Crippen LogP contribution in [0.2, 0.25) is 0 Å². The molecule has 104 valence electrons. The van der Waals surface area contributed by atoms with E-state index in [0.717, 1.165) is 28.1 Å². The minimum Gasteiger partial charge on any atom is -0.483 e. The first-order valence-corrected chi connectivity index (χ1v) is 6.52. The first kappa shape index (κ1) is 12.7. The van der Waals surface area contributed by atoms with Gasteiger partial charge in [-0.3, -0.25) is 4.68 Å². The van der Waals surface area contributed by atoms with Crippen LogP contribution in [0.3, 0.4) is 0 Å². The third kappa shape index (κ3) is 2.16. The maximum Gasteiger partial charge on any atom is 0.170 e. The SMILES string of the molecule is Cc1cc(COc2c(CN)oc3ccccc23)n(C)n1. The summed E-state index contributed by atoms with van der Waals surface area (Å²) in [5, 5.41) is 5.26. The number of ether oxygens (including phenoxy) is 1. The lowest BCUT2D eigenvalue weighted by Crippen LogP contribution is -2.04. The second kappa shape index (κ2) is 5.02. The van der Waals surface area contributed by atoms with Crippen LogP contribution >= 0.6 is 0 Å². The van der Waals surface area contributed by atoms with Crippen molar-refractivity contribution in [3.05, 3.63) is 47.5 Å². The van der Waals surface area contributed by atoms with E-state index in [9.17, 15) is 0 Å². The van der Waals surface area contributed by atoms with Crippen molar-refractivity contribution >= 4 is 11.0 Å². The number of fused-ring (bicyclic) bond motifs is 1. The van der Waals surface area contributed by atoms with Gasteiger partial charge in [0.25, 0.3) is 0 Å². The highest BCUT2D eigenvalue weighted by Crippen LogP contribution is 2.33. The minimum absolute atomic E-state index is 0.314. The predicted octanol–water partition coefficient (Wildman–Crippen LogP) is 2.51. The lowest BCUT2D eigenvalue weighted by molar-refractivity contribution is 0.288. The molecule has 0 aliphatic heterocycles. The van der Waals surface area contributed by atoms with Crippen molar-refractivity contribution in [2.75, 3.05) is 0 Å². The van der Waals surface area contributed by atoms with Crippen molar-refractivity contribution in [1.82, 2.24) is 9.78 Å². The second-order valence-electron chi connectivity index (χ2n) is 4.74. The van der Waals surface area contributed by atoms with Crippen LogP contribution in [0.5, 0.6) is 5.75 Å². The normalized spacial score (nSPS) is 11.2. The average Bonchev–Trinajstić information content (AvgIpc) is 2.96. The summed E-state index contributed by atoms with van der Waals surface area (Å²) in [5.74, 6) is 1.40. The number of rotatable bonds is 4. The van der Waals surface area contributed by atoms with Gasteiger partial charge in [0.15, 0.2) is 11.5 Å². The molecule has 2 aromatic heterocycles. The zero-order valence-electron chi connectivity index (χ0n) is 11.6. The lowest BCUT2D eigenvalue weighted by atomic mass is 10.2. The van der Waals surface area contributed by atoms with Crippen LogP contribution in [0.4, 0.5) is 0 Å². The molecule has 0 amide bonds. The van der Waals surface area contributed by atoms with E-state index in [-0.39, 0.29) is 0 Å². The molecule has 0 saturated carbocycles. The van der Waals surface area contributed by atoms with Gasteiger partial charge in [-0.25, -0.2) is 0 Å². The maximum absolute atomic E-state index is 5.93. The Morgan fingerprint density at radius 1 is 1.35 bits per heavy atom. The van der Waals surface area contributed by atoms with Crippen molar-refractivity contribution in [3.63, 3.8) is 0 Å². The summed E-state index contributed by atoms with van der Waals surface area (Å²) in [7, 11) is 1.91. The van der Waals surface area contributed by atoms with Crippen LogP contribution in [-0.4, -0.2) is 9.78 Å². The molecule has 0 radical (unpaired) electrons. The van der Waals surface area contributed by atoms with Gasteiger partial charge in [0, 0.05) is 7.05 Å². The highest BCUT2D eigenvalue weighted by Gasteiger charge is 2.14. The van der Waals surface area contributed by atoms with E-state index in [0.29, 0.717) is 18.9 Å². The molecule has 2 heterocycles. The third-order valence-corrected chi connectivity index (χ3v) is 3.27. The standard InChI is InChI=1S/C15H17N3O2/c1-10-7-11(18(2)17-10)9-19-15-12-5-3-4-6-13(12)20-14(15)8-16/h3-7H,8-9,16H2,1-2H3. The molecular formula is C15H17N3O2. The van der Waals surface area contributed by atoms with Gasteiger partial charge in [-0.2, -0.15) is 5.10 Å². The Labute approximate surface area is 116 Å². The lowest BCUT2D eigenvalue weighted by Gasteiger charge is -2.06. The van der Waals surface area contributed by atoms with Crippen molar-refractivity contribution in [2.24, 2.45) is 12.8 Å². The Balaban J connectivity index is 1.92. The monoisotopic (exact) mass is 271 g/mol. The molecule has 0 fully saturated rings. The summed E-state index contributed by atoms with van der Waals surface area (Å²) in [6.45, 7) is 2.71. The fourth-order valence-corrected chi connectivity index (χ4v) is 2.31. The average molecular weight is 271 g/mol.